The number of benzene rings is 1. The van der Waals surface area contributed by atoms with E-state index in [2.05, 4.69) is 37.4 Å². The Morgan fingerprint density at radius 2 is 2.05 bits per heavy atom. The first-order chi connectivity index (χ1) is 9.19. The number of hydrogen-bond acceptors (Lipinski definition) is 1. The first kappa shape index (κ1) is 14.9. The van der Waals surface area contributed by atoms with E-state index in [1.165, 1.54) is 43.2 Å². The first-order valence-corrected chi connectivity index (χ1v) is 8.05. The van der Waals surface area contributed by atoms with Gasteiger partial charge >= 0.3 is 0 Å². The van der Waals surface area contributed by atoms with E-state index < -0.39 is 0 Å². The minimum absolute atomic E-state index is 0.577. The highest BCUT2D eigenvalue weighted by atomic mass is 35.5. The molecule has 0 radical (unpaired) electrons. The van der Waals surface area contributed by atoms with Gasteiger partial charge < -0.3 is 5.32 Å². The third-order valence-corrected chi connectivity index (χ3v) is 4.61. The molecule has 106 valence electrons. The summed E-state index contributed by atoms with van der Waals surface area (Å²) in [6.45, 7) is 5.33. The van der Waals surface area contributed by atoms with Crippen LogP contribution in [0.1, 0.15) is 50.2 Å². The molecule has 0 saturated heterocycles. The van der Waals surface area contributed by atoms with Crippen LogP contribution in [0.4, 0.5) is 0 Å². The second-order valence-corrected chi connectivity index (χ2v) is 6.35. The Balaban J connectivity index is 1.98. The summed E-state index contributed by atoms with van der Waals surface area (Å²) >= 11 is 6.36. The summed E-state index contributed by atoms with van der Waals surface area (Å²) in [5, 5.41) is 4.57. The molecule has 0 amide bonds. The van der Waals surface area contributed by atoms with Crippen LogP contribution in [0.3, 0.4) is 0 Å². The van der Waals surface area contributed by atoms with Gasteiger partial charge in [0.1, 0.15) is 0 Å². The zero-order valence-electron chi connectivity index (χ0n) is 12.2. The zero-order valence-corrected chi connectivity index (χ0v) is 13.0. The van der Waals surface area contributed by atoms with Gasteiger partial charge in [-0.2, -0.15) is 0 Å². The summed E-state index contributed by atoms with van der Waals surface area (Å²) in [7, 11) is 0. The molecular formula is C17H26ClN. The van der Waals surface area contributed by atoms with E-state index >= 15 is 0 Å². The summed E-state index contributed by atoms with van der Waals surface area (Å²) in [5.74, 6) is 0.924. The predicted molar refractivity (Wildman–Crippen MR) is 83.9 cm³/mol. The number of likely N-dealkylation sites (N-methyl/N-ethyl adjacent to an activating group) is 1. The topological polar surface area (TPSA) is 12.0 Å². The van der Waals surface area contributed by atoms with Crippen LogP contribution in [-0.4, -0.2) is 12.6 Å². The van der Waals surface area contributed by atoms with Gasteiger partial charge in [0.2, 0.25) is 0 Å². The summed E-state index contributed by atoms with van der Waals surface area (Å²) in [5.41, 5.74) is 2.53. The van der Waals surface area contributed by atoms with Crippen molar-refractivity contribution in [1.82, 2.24) is 5.32 Å². The molecule has 1 fully saturated rings. The third-order valence-electron chi connectivity index (χ3n) is 4.26. The van der Waals surface area contributed by atoms with Crippen LogP contribution < -0.4 is 5.32 Å². The number of nitrogens with one attached hydrogen (secondary N) is 1. The summed E-state index contributed by atoms with van der Waals surface area (Å²) in [6, 6.07) is 7.01. The van der Waals surface area contributed by atoms with E-state index in [9.17, 15) is 0 Å². The lowest BCUT2D eigenvalue weighted by Gasteiger charge is -2.22. The highest BCUT2D eigenvalue weighted by molar-refractivity contribution is 6.31. The lowest BCUT2D eigenvalue weighted by molar-refractivity contribution is 0.390. The average molecular weight is 280 g/mol. The molecule has 2 rings (SSSR count). The maximum Gasteiger partial charge on any atom is 0.0441 e. The largest absolute Gasteiger partial charge is 0.314 e. The Hall–Kier alpha value is -0.530. The monoisotopic (exact) mass is 279 g/mol. The van der Waals surface area contributed by atoms with Gasteiger partial charge in [-0.25, -0.2) is 0 Å². The summed E-state index contributed by atoms with van der Waals surface area (Å²) < 4.78 is 0. The smallest absolute Gasteiger partial charge is 0.0441 e. The SMILES string of the molecule is CCNC(Cc1ccc(C)cc1Cl)CC1CCCC1. The lowest BCUT2D eigenvalue weighted by atomic mass is 9.93. The maximum atomic E-state index is 6.36. The highest BCUT2D eigenvalue weighted by Gasteiger charge is 2.20. The molecule has 0 heterocycles. The molecule has 1 aromatic rings. The molecule has 1 aliphatic carbocycles. The van der Waals surface area contributed by atoms with Crippen molar-refractivity contribution in [2.75, 3.05) is 6.54 Å². The first-order valence-electron chi connectivity index (χ1n) is 7.67. The molecule has 2 heteroatoms. The van der Waals surface area contributed by atoms with Gasteiger partial charge in [0.05, 0.1) is 0 Å². The predicted octanol–water partition coefficient (Wildman–Crippen LogP) is 4.75. The molecule has 1 saturated carbocycles. The van der Waals surface area contributed by atoms with Crippen molar-refractivity contribution < 1.29 is 0 Å². The van der Waals surface area contributed by atoms with E-state index in [1.54, 1.807) is 0 Å². The average Bonchev–Trinajstić information content (AvgIpc) is 2.86. The van der Waals surface area contributed by atoms with Crippen molar-refractivity contribution in [3.05, 3.63) is 34.3 Å². The molecule has 0 aliphatic heterocycles. The molecule has 1 unspecified atom stereocenters. The third kappa shape index (κ3) is 4.50. The molecule has 1 aromatic carbocycles. The molecule has 1 N–H and O–H groups in total. The second kappa shape index (κ2) is 7.31. The molecule has 0 spiro atoms. The molecule has 0 aromatic heterocycles. The Morgan fingerprint density at radius 3 is 2.68 bits per heavy atom. The summed E-state index contributed by atoms with van der Waals surface area (Å²) in [6.07, 6.45) is 8.05. The number of aryl methyl sites for hydroxylation is 1. The van der Waals surface area contributed by atoms with Crippen LogP contribution in [0.5, 0.6) is 0 Å². The highest BCUT2D eigenvalue weighted by Crippen LogP contribution is 2.30. The van der Waals surface area contributed by atoms with Crippen molar-refractivity contribution >= 4 is 11.6 Å². The van der Waals surface area contributed by atoms with Crippen LogP contribution in [-0.2, 0) is 6.42 Å². The van der Waals surface area contributed by atoms with E-state index in [4.69, 9.17) is 11.6 Å². The van der Waals surface area contributed by atoms with Crippen molar-refractivity contribution in [3.63, 3.8) is 0 Å². The van der Waals surface area contributed by atoms with E-state index in [-0.39, 0.29) is 0 Å². The number of rotatable bonds is 6. The number of halogens is 1. The fourth-order valence-corrected chi connectivity index (χ4v) is 3.57. The van der Waals surface area contributed by atoms with Crippen molar-refractivity contribution in [2.24, 2.45) is 5.92 Å². The van der Waals surface area contributed by atoms with Gasteiger partial charge in [-0.1, -0.05) is 56.3 Å². The van der Waals surface area contributed by atoms with E-state index in [0.29, 0.717) is 6.04 Å². The van der Waals surface area contributed by atoms with E-state index in [1.807, 2.05) is 0 Å². The van der Waals surface area contributed by atoms with Crippen molar-refractivity contribution in [1.29, 1.82) is 0 Å². The van der Waals surface area contributed by atoms with Gasteiger partial charge in [0, 0.05) is 11.1 Å². The minimum atomic E-state index is 0.577. The molecular weight excluding hydrogens is 254 g/mol. The van der Waals surface area contributed by atoms with Crippen molar-refractivity contribution in [2.45, 2.75) is 58.4 Å². The Labute approximate surface area is 122 Å². The Bertz CT molecular complexity index is 396. The zero-order chi connectivity index (χ0) is 13.7. The van der Waals surface area contributed by atoms with Gasteiger partial charge in [0.15, 0.2) is 0 Å². The van der Waals surface area contributed by atoms with Crippen molar-refractivity contribution in [3.8, 4) is 0 Å². The lowest BCUT2D eigenvalue weighted by Crippen LogP contribution is -2.32. The summed E-state index contributed by atoms with van der Waals surface area (Å²) in [4.78, 5) is 0. The van der Waals surface area contributed by atoms with Crippen LogP contribution in [0.25, 0.3) is 0 Å². The van der Waals surface area contributed by atoms with Gasteiger partial charge in [0.25, 0.3) is 0 Å². The van der Waals surface area contributed by atoms with Crippen LogP contribution in [0.2, 0.25) is 5.02 Å². The van der Waals surface area contributed by atoms with Crippen LogP contribution in [0.15, 0.2) is 18.2 Å². The van der Waals surface area contributed by atoms with Crippen LogP contribution >= 0.6 is 11.6 Å². The fourth-order valence-electron chi connectivity index (χ4n) is 3.26. The van der Waals surface area contributed by atoms with E-state index in [0.717, 1.165) is 23.9 Å². The molecule has 19 heavy (non-hydrogen) atoms. The Kier molecular flexibility index (Phi) is 5.72. The van der Waals surface area contributed by atoms with Gasteiger partial charge in [-0.3, -0.25) is 0 Å². The van der Waals surface area contributed by atoms with Gasteiger partial charge in [-0.05, 0) is 49.4 Å². The number of hydrogen-bond donors (Lipinski definition) is 1. The normalized spacial score (nSPS) is 17.8. The fraction of sp³-hybridized carbons (Fsp3) is 0.647. The molecule has 1 nitrogen and oxygen atoms in total. The van der Waals surface area contributed by atoms with Crippen LogP contribution in [0, 0.1) is 12.8 Å². The molecule has 1 atom stereocenters. The molecule has 1 aliphatic rings. The Morgan fingerprint density at radius 1 is 1.32 bits per heavy atom. The molecule has 0 bridgehead atoms. The minimum Gasteiger partial charge on any atom is -0.314 e. The maximum absolute atomic E-state index is 6.36. The quantitative estimate of drug-likeness (QED) is 0.792. The standard InChI is InChI=1S/C17H26ClN/c1-3-19-16(11-14-6-4-5-7-14)12-15-9-8-13(2)10-17(15)18/h8-10,14,16,19H,3-7,11-12H2,1-2H3. The van der Waals surface area contributed by atoms with Gasteiger partial charge in [-0.15, -0.1) is 0 Å². The second-order valence-electron chi connectivity index (χ2n) is 5.94.